The molecule has 2 aromatic carbocycles. The van der Waals surface area contributed by atoms with Gasteiger partial charge in [0.15, 0.2) is 5.76 Å². The van der Waals surface area contributed by atoms with E-state index < -0.39 is 0 Å². The molecule has 3 amide bonds. The highest BCUT2D eigenvalue weighted by Gasteiger charge is 2.27. The van der Waals surface area contributed by atoms with Crippen molar-refractivity contribution in [3.63, 3.8) is 0 Å². The zero-order valence-electron chi connectivity index (χ0n) is 17.1. The van der Waals surface area contributed by atoms with Crippen LogP contribution in [0.1, 0.15) is 29.6 Å². The highest BCUT2D eigenvalue weighted by molar-refractivity contribution is 6.16. The standard InChI is InChI=1S/C25H19N3O4/c29-23-8-3-9-24(30)28(23)17-12-10-16(11-13-17)26-25(31)19-15-21(22-7-4-14-32-22)27-20-6-2-1-5-18(19)20/h1-2,4-7,10-15H,3,8-9H2,(H,26,31). The third-order valence-corrected chi connectivity index (χ3v) is 5.40. The molecule has 0 aliphatic carbocycles. The Kier molecular flexibility index (Phi) is 4.99. The summed E-state index contributed by atoms with van der Waals surface area (Å²) in [6.07, 6.45) is 2.86. The molecule has 1 fully saturated rings. The van der Waals surface area contributed by atoms with Crippen LogP contribution in [-0.4, -0.2) is 22.7 Å². The van der Waals surface area contributed by atoms with Gasteiger partial charge in [0.25, 0.3) is 5.91 Å². The molecule has 158 valence electrons. The van der Waals surface area contributed by atoms with Crippen LogP contribution in [0.25, 0.3) is 22.4 Å². The number of benzene rings is 2. The number of furan rings is 1. The molecule has 1 aliphatic heterocycles. The molecule has 32 heavy (non-hydrogen) atoms. The molecule has 0 spiro atoms. The van der Waals surface area contributed by atoms with Crippen LogP contribution in [-0.2, 0) is 9.59 Å². The van der Waals surface area contributed by atoms with Crippen LogP contribution >= 0.6 is 0 Å². The molecule has 0 radical (unpaired) electrons. The topological polar surface area (TPSA) is 92.5 Å². The van der Waals surface area contributed by atoms with E-state index in [0.29, 0.717) is 53.2 Å². The van der Waals surface area contributed by atoms with Crippen molar-refractivity contribution < 1.29 is 18.8 Å². The van der Waals surface area contributed by atoms with E-state index in [1.807, 2.05) is 24.3 Å². The highest BCUT2D eigenvalue weighted by Crippen LogP contribution is 2.27. The number of amides is 3. The first-order valence-corrected chi connectivity index (χ1v) is 10.3. The monoisotopic (exact) mass is 425 g/mol. The molecule has 7 heteroatoms. The van der Waals surface area contributed by atoms with Crippen molar-refractivity contribution in [2.24, 2.45) is 0 Å². The molecule has 0 unspecified atom stereocenters. The maximum atomic E-state index is 13.2. The van der Waals surface area contributed by atoms with Crippen LogP contribution in [0.4, 0.5) is 11.4 Å². The summed E-state index contributed by atoms with van der Waals surface area (Å²) in [5.41, 5.74) is 2.77. The van der Waals surface area contributed by atoms with Gasteiger partial charge >= 0.3 is 0 Å². The van der Waals surface area contributed by atoms with E-state index in [0.717, 1.165) is 5.39 Å². The second kappa shape index (κ2) is 8.11. The lowest BCUT2D eigenvalue weighted by molar-refractivity contribution is -0.129. The number of hydrogen-bond acceptors (Lipinski definition) is 5. The Morgan fingerprint density at radius 2 is 1.69 bits per heavy atom. The van der Waals surface area contributed by atoms with Gasteiger partial charge in [-0.05, 0) is 55.0 Å². The van der Waals surface area contributed by atoms with E-state index in [4.69, 9.17) is 4.42 Å². The number of carbonyl (C=O) groups excluding carboxylic acids is 3. The predicted octanol–water partition coefficient (Wildman–Crippen LogP) is 4.79. The molecule has 0 atom stereocenters. The molecular weight excluding hydrogens is 406 g/mol. The second-order valence-electron chi connectivity index (χ2n) is 7.53. The Bertz CT molecular complexity index is 1310. The van der Waals surface area contributed by atoms with Crippen LogP contribution in [0.15, 0.2) is 77.4 Å². The largest absolute Gasteiger partial charge is 0.463 e. The van der Waals surface area contributed by atoms with Crippen molar-refractivity contribution in [2.75, 3.05) is 10.2 Å². The predicted molar refractivity (Wildman–Crippen MR) is 120 cm³/mol. The van der Waals surface area contributed by atoms with Gasteiger partial charge in [-0.3, -0.25) is 19.3 Å². The zero-order valence-corrected chi connectivity index (χ0v) is 17.1. The summed E-state index contributed by atoms with van der Waals surface area (Å²) in [5.74, 6) is -0.127. The summed E-state index contributed by atoms with van der Waals surface area (Å²) in [4.78, 5) is 43.2. The summed E-state index contributed by atoms with van der Waals surface area (Å²) in [5, 5.41) is 3.61. The molecule has 3 heterocycles. The molecule has 7 nitrogen and oxygen atoms in total. The van der Waals surface area contributed by atoms with E-state index in [1.54, 1.807) is 48.7 Å². The van der Waals surface area contributed by atoms with E-state index in [2.05, 4.69) is 10.3 Å². The number of aromatic nitrogens is 1. The molecule has 0 saturated carbocycles. The first kappa shape index (κ1) is 19.7. The van der Waals surface area contributed by atoms with E-state index >= 15 is 0 Å². The molecule has 2 aromatic heterocycles. The van der Waals surface area contributed by atoms with Crippen molar-refractivity contribution in [1.82, 2.24) is 4.98 Å². The van der Waals surface area contributed by atoms with Gasteiger partial charge in [0.2, 0.25) is 11.8 Å². The van der Waals surface area contributed by atoms with Gasteiger partial charge < -0.3 is 9.73 Å². The number of pyridine rings is 1. The van der Waals surface area contributed by atoms with E-state index in [-0.39, 0.29) is 17.7 Å². The zero-order chi connectivity index (χ0) is 22.1. The number of nitrogens with one attached hydrogen (secondary N) is 1. The first-order valence-electron chi connectivity index (χ1n) is 10.3. The molecular formula is C25H19N3O4. The SMILES string of the molecule is O=C(Nc1ccc(N2C(=O)CCCC2=O)cc1)c1cc(-c2ccco2)nc2ccccc12. The van der Waals surface area contributed by atoms with Gasteiger partial charge in [-0.1, -0.05) is 18.2 Å². The minimum Gasteiger partial charge on any atom is -0.463 e. The lowest BCUT2D eigenvalue weighted by Crippen LogP contribution is -2.40. The number of hydrogen-bond donors (Lipinski definition) is 1. The van der Waals surface area contributed by atoms with Crippen LogP contribution in [0.5, 0.6) is 0 Å². The van der Waals surface area contributed by atoms with Crippen molar-refractivity contribution >= 4 is 40.0 Å². The molecule has 0 bridgehead atoms. The number of fused-ring (bicyclic) bond motifs is 1. The fourth-order valence-corrected chi connectivity index (χ4v) is 3.85. The van der Waals surface area contributed by atoms with Crippen LogP contribution in [0.2, 0.25) is 0 Å². The smallest absolute Gasteiger partial charge is 0.256 e. The second-order valence-corrected chi connectivity index (χ2v) is 7.53. The Hall–Kier alpha value is -4.26. The van der Waals surface area contributed by atoms with Crippen molar-refractivity contribution in [3.8, 4) is 11.5 Å². The number of nitrogens with zero attached hydrogens (tertiary/aromatic N) is 2. The number of anilines is 2. The van der Waals surface area contributed by atoms with Gasteiger partial charge in [-0.25, -0.2) is 4.98 Å². The summed E-state index contributed by atoms with van der Waals surface area (Å²) < 4.78 is 5.46. The van der Waals surface area contributed by atoms with Gasteiger partial charge in [-0.15, -0.1) is 0 Å². The Morgan fingerprint density at radius 1 is 0.938 bits per heavy atom. The Labute approximate surface area is 183 Å². The van der Waals surface area contributed by atoms with Gasteiger partial charge in [0.1, 0.15) is 5.69 Å². The number of para-hydroxylation sites is 1. The van der Waals surface area contributed by atoms with Crippen LogP contribution in [0, 0.1) is 0 Å². The number of carbonyl (C=O) groups is 3. The average Bonchev–Trinajstić information content (AvgIpc) is 3.34. The minimum absolute atomic E-state index is 0.202. The first-order chi connectivity index (χ1) is 15.6. The molecule has 1 aliphatic rings. The number of rotatable bonds is 4. The molecule has 5 rings (SSSR count). The quantitative estimate of drug-likeness (QED) is 0.475. The maximum absolute atomic E-state index is 13.2. The van der Waals surface area contributed by atoms with Crippen LogP contribution < -0.4 is 10.2 Å². The Morgan fingerprint density at radius 3 is 2.41 bits per heavy atom. The summed E-state index contributed by atoms with van der Waals surface area (Å²) >= 11 is 0. The van der Waals surface area contributed by atoms with Gasteiger partial charge in [0, 0.05) is 23.9 Å². The Balaban J connectivity index is 1.44. The normalized spacial score (nSPS) is 14.1. The third-order valence-electron chi connectivity index (χ3n) is 5.40. The third kappa shape index (κ3) is 3.65. The summed E-state index contributed by atoms with van der Waals surface area (Å²) in [6, 6.07) is 19.4. The van der Waals surface area contributed by atoms with Crippen molar-refractivity contribution in [2.45, 2.75) is 19.3 Å². The van der Waals surface area contributed by atoms with Gasteiger partial charge in [-0.2, -0.15) is 0 Å². The van der Waals surface area contributed by atoms with Crippen molar-refractivity contribution in [3.05, 3.63) is 78.6 Å². The van der Waals surface area contributed by atoms with E-state index in [9.17, 15) is 14.4 Å². The molecule has 4 aromatic rings. The fraction of sp³-hybridized carbons (Fsp3) is 0.120. The number of piperidine rings is 1. The summed E-state index contributed by atoms with van der Waals surface area (Å²) in [7, 11) is 0. The number of imide groups is 1. The van der Waals surface area contributed by atoms with E-state index in [1.165, 1.54) is 4.90 Å². The lowest BCUT2D eigenvalue weighted by atomic mass is 10.1. The molecule has 1 saturated heterocycles. The van der Waals surface area contributed by atoms with Gasteiger partial charge in [0.05, 0.1) is 23.0 Å². The average molecular weight is 425 g/mol. The maximum Gasteiger partial charge on any atom is 0.256 e. The highest BCUT2D eigenvalue weighted by atomic mass is 16.3. The van der Waals surface area contributed by atoms with Crippen LogP contribution in [0.3, 0.4) is 0 Å². The van der Waals surface area contributed by atoms with Crippen molar-refractivity contribution in [1.29, 1.82) is 0 Å². The fourth-order valence-electron chi connectivity index (χ4n) is 3.85. The lowest BCUT2D eigenvalue weighted by Gasteiger charge is -2.25. The summed E-state index contributed by atoms with van der Waals surface area (Å²) in [6.45, 7) is 0. The molecule has 1 N–H and O–H groups in total. The minimum atomic E-state index is -0.297.